The van der Waals surface area contributed by atoms with E-state index in [1.54, 1.807) is 42.9 Å². The summed E-state index contributed by atoms with van der Waals surface area (Å²) in [6, 6.07) is 13.2. The highest BCUT2D eigenvalue weighted by Gasteiger charge is 2.34. The number of rotatable bonds is 5. The fraction of sp³-hybridized carbons (Fsp3) is 0.158. The molecule has 0 spiro atoms. The van der Waals surface area contributed by atoms with Gasteiger partial charge in [-0.1, -0.05) is 34.8 Å². The van der Waals surface area contributed by atoms with E-state index in [-0.39, 0.29) is 0 Å². The minimum atomic E-state index is -0.873. The average Bonchev–Trinajstić information content (AvgIpc) is 2.61. The molecular formula is C19H13Cl3N4. The van der Waals surface area contributed by atoms with Gasteiger partial charge in [0, 0.05) is 18.6 Å². The second kappa shape index (κ2) is 8.01. The van der Waals surface area contributed by atoms with Gasteiger partial charge in [0.1, 0.15) is 15.5 Å². The molecule has 0 saturated carbocycles. The Balaban J connectivity index is 2.08. The Labute approximate surface area is 166 Å². The molecule has 0 unspecified atom stereocenters. The van der Waals surface area contributed by atoms with Crippen LogP contribution in [0.5, 0.6) is 0 Å². The van der Waals surface area contributed by atoms with E-state index in [4.69, 9.17) is 34.8 Å². The molecule has 7 heteroatoms. The second-order valence-corrected chi connectivity index (χ2v) is 7.05. The fourth-order valence-electron chi connectivity index (χ4n) is 2.91. The molecule has 0 aromatic carbocycles. The standard InChI is InChI=1S/C19H13Cl3N4/c20-16-7-13(1-4-24-16)10-19(12-23,15-3-6-26-18(22)9-15)11-14-2-5-25-17(21)8-14/h1-9H,10-11H2. The van der Waals surface area contributed by atoms with Gasteiger partial charge in [0.25, 0.3) is 0 Å². The molecule has 0 aliphatic rings. The summed E-state index contributed by atoms with van der Waals surface area (Å²) in [5.74, 6) is 0. The van der Waals surface area contributed by atoms with E-state index in [1.807, 2.05) is 12.1 Å². The molecule has 0 saturated heterocycles. The van der Waals surface area contributed by atoms with Crippen molar-refractivity contribution in [1.29, 1.82) is 5.26 Å². The van der Waals surface area contributed by atoms with Gasteiger partial charge in [0.2, 0.25) is 0 Å². The van der Waals surface area contributed by atoms with Crippen molar-refractivity contribution in [2.45, 2.75) is 18.3 Å². The molecule has 0 radical (unpaired) electrons. The summed E-state index contributed by atoms with van der Waals surface area (Å²) in [4.78, 5) is 12.0. The number of hydrogen-bond acceptors (Lipinski definition) is 4. The maximum atomic E-state index is 10.2. The second-order valence-electron chi connectivity index (χ2n) is 5.89. The van der Waals surface area contributed by atoms with Crippen molar-refractivity contribution in [3.63, 3.8) is 0 Å². The molecule has 0 bridgehead atoms. The first-order chi connectivity index (χ1) is 12.5. The first-order valence-electron chi connectivity index (χ1n) is 7.75. The zero-order chi connectivity index (χ0) is 18.6. The summed E-state index contributed by atoms with van der Waals surface area (Å²) >= 11 is 18.1. The Bertz CT molecular complexity index is 921. The van der Waals surface area contributed by atoms with Crippen LogP contribution < -0.4 is 0 Å². The van der Waals surface area contributed by atoms with Gasteiger partial charge in [-0.2, -0.15) is 5.26 Å². The summed E-state index contributed by atoms with van der Waals surface area (Å²) in [5.41, 5.74) is 1.71. The molecule has 3 rings (SSSR count). The molecule has 0 fully saturated rings. The zero-order valence-electron chi connectivity index (χ0n) is 13.5. The van der Waals surface area contributed by atoms with Crippen molar-refractivity contribution in [2.24, 2.45) is 0 Å². The topological polar surface area (TPSA) is 62.5 Å². The molecule has 130 valence electrons. The largest absolute Gasteiger partial charge is 0.245 e. The van der Waals surface area contributed by atoms with Crippen LogP contribution in [-0.4, -0.2) is 15.0 Å². The summed E-state index contributed by atoms with van der Waals surface area (Å²) in [7, 11) is 0. The Morgan fingerprint density at radius 3 is 1.65 bits per heavy atom. The van der Waals surface area contributed by atoms with Gasteiger partial charge in [-0.25, -0.2) is 15.0 Å². The first-order valence-corrected chi connectivity index (χ1v) is 8.88. The van der Waals surface area contributed by atoms with E-state index >= 15 is 0 Å². The van der Waals surface area contributed by atoms with Gasteiger partial charge >= 0.3 is 0 Å². The summed E-state index contributed by atoms with van der Waals surface area (Å²) < 4.78 is 0. The molecule has 0 aliphatic carbocycles. The molecule has 3 aromatic heterocycles. The summed E-state index contributed by atoms with van der Waals surface area (Å²) in [5, 5.41) is 11.3. The number of aromatic nitrogens is 3. The Morgan fingerprint density at radius 2 is 1.23 bits per heavy atom. The third-order valence-electron chi connectivity index (χ3n) is 4.09. The fourth-order valence-corrected chi connectivity index (χ4v) is 3.48. The number of hydrogen-bond donors (Lipinski definition) is 0. The Hall–Kier alpha value is -2.19. The van der Waals surface area contributed by atoms with Gasteiger partial charge in [0.05, 0.1) is 11.5 Å². The van der Waals surface area contributed by atoms with Crippen LogP contribution in [0.4, 0.5) is 0 Å². The van der Waals surface area contributed by atoms with Crippen molar-refractivity contribution >= 4 is 34.8 Å². The SMILES string of the molecule is N#CC(Cc1ccnc(Cl)c1)(Cc1ccnc(Cl)c1)c1ccnc(Cl)c1. The van der Waals surface area contributed by atoms with Crippen LogP contribution in [0.2, 0.25) is 15.5 Å². The Kier molecular flexibility index (Phi) is 5.73. The normalized spacial score (nSPS) is 11.2. The monoisotopic (exact) mass is 402 g/mol. The van der Waals surface area contributed by atoms with Gasteiger partial charge in [-0.3, -0.25) is 0 Å². The van der Waals surface area contributed by atoms with E-state index in [1.165, 1.54) is 0 Å². The number of pyridine rings is 3. The van der Waals surface area contributed by atoms with Gasteiger partial charge in [-0.15, -0.1) is 0 Å². The zero-order valence-corrected chi connectivity index (χ0v) is 15.8. The lowest BCUT2D eigenvalue weighted by atomic mass is 9.73. The smallest absolute Gasteiger partial charge is 0.129 e. The molecule has 0 aliphatic heterocycles. The maximum absolute atomic E-state index is 10.2. The number of nitrogens with zero attached hydrogens (tertiary/aromatic N) is 4. The third kappa shape index (κ3) is 4.31. The van der Waals surface area contributed by atoms with Crippen molar-refractivity contribution in [2.75, 3.05) is 0 Å². The predicted molar refractivity (Wildman–Crippen MR) is 102 cm³/mol. The lowest BCUT2D eigenvalue weighted by molar-refractivity contribution is 0.540. The summed E-state index contributed by atoms with van der Waals surface area (Å²) in [6.45, 7) is 0. The van der Waals surface area contributed by atoms with Crippen LogP contribution in [-0.2, 0) is 18.3 Å². The highest BCUT2D eigenvalue weighted by molar-refractivity contribution is 6.30. The van der Waals surface area contributed by atoms with Gasteiger partial charge < -0.3 is 0 Å². The maximum Gasteiger partial charge on any atom is 0.129 e. The average molecular weight is 404 g/mol. The van der Waals surface area contributed by atoms with E-state index < -0.39 is 5.41 Å². The van der Waals surface area contributed by atoms with E-state index in [0.29, 0.717) is 28.3 Å². The minimum absolute atomic E-state index is 0.336. The predicted octanol–water partition coefficient (Wildman–Crippen LogP) is 5.08. The van der Waals surface area contributed by atoms with Crippen LogP contribution >= 0.6 is 34.8 Å². The van der Waals surface area contributed by atoms with Crippen LogP contribution in [0, 0.1) is 11.3 Å². The molecule has 0 amide bonds. The molecule has 0 N–H and O–H groups in total. The van der Waals surface area contributed by atoms with Crippen molar-refractivity contribution in [3.8, 4) is 6.07 Å². The first kappa shape index (κ1) is 18.6. The van der Waals surface area contributed by atoms with Crippen molar-refractivity contribution in [3.05, 3.63) is 87.1 Å². The highest BCUT2D eigenvalue weighted by Crippen LogP contribution is 2.33. The van der Waals surface area contributed by atoms with Crippen LogP contribution in [0.15, 0.2) is 55.0 Å². The molecular weight excluding hydrogens is 391 g/mol. The van der Waals surface area contributed by atoms with Crippen molar-refractivity contribution in [1.82, 2.24) is 15.0 Å². The van der Waals surface area contributed by atoms with Crippen molar-refractivity contribution < 1.29 is 0 Å². The molecule has 4 nitrogen and oxygen atoms in total. The molecule has 3 aromatic rings. The Morgan fingerprint density at radius 1 is 0.769 bits per heavy atom. The lowest BCUT2D eigenvalue weighted by Crippen LogP contribution is -2.30. The molecule has 0 atom stereocenters. The van der Waals surface area contributed by atoms with E-state index in [9.17, 15) is 5.26 Å². The highest BCUT2D eigenvalue weighted by atomic mass is 35.5. The number of halogens is 3. The molecule has 3 heterocycles. The van der Waals surface area contributed by atoms with Crippen LogP contribution in [0.3, 0.4) is 0 Å². The number of nitriles is 1. The summed E-state index contributed by atoms with van der Waals surface area (Å²) in [6.07, 6.45) is 5.73. The van der Waals surface area contributed by atoms with Crippen LogP contribution in [0.25, 0.3) is 0 Å². The van der Waals surface area contributed by atoms with E-state index in [2.05, 4.69) is 21.0 Å². The lowest BCUT2D eigenvalue weighted by Gasteiger charge is -2.28. The van der Waals surface area contributed by atoms with Gasteiger partial charge in [-0.05, 0) is 65.9 Å². The molecule has 26 heavy (non-hydrogen) atoms. The quantitative estimate of drug-likeness (QED) is 0.557. The van der Waals surface area contributed by atoms with Crippen LogP contribution in [0.1, 0.15) is 16.7 Å². The third-order valence-corrected chi connectivity index (χ3v) is 4.71. The minimum Gasteiger partial charge on any atom is -0.245 e. The van der Waals surface area contributed by atoms with Gasteiger partial charge in [0.15, 0.2) is 0 Å². The van der Waals surface area contributed by atoms with E-state index in [0.717, 1.165) is 16.7 Å².